The Morgan fingerprint density at radius 2 is 1.63 bits per heavy atom. The van der Waals surface area contributed by atoms with Crippen molar-refractivity contribution in [2.75, 3.05) is 37.6 Å². The predicted molar refractivity (Wildman–Crippen MR) is 97.9 cm³/mol. The molecule has 7 heteroatoms. The van der Waals surface area contributed by atoms with Crippen LogP contribution < -0.4 is 10.2 Å². The largest absolute Gasteiger partial charge is 0.368 e. The number of carbonyl (C=O) groups is 1. The molecule has 4 nitrogen and oxygen atoms in total. The fourth-order valence-electron chi connectivity index (χ4n) is 3.10. The van der Waals surface area contributed by atoms with E-state index < -0.39 is 11.6 Å². The van der Waals surface area contributed by atoms with Crippen molar-refractivity contribution in [1.29, 1.82) is 0 Å². The van der Waals surface area contributed by atoms with Gasteiger partial charge in [0.05, 0.1) is 0 Å². The maximum Gasteiger partial charge on any atom is 0.223 e. The lowest BCUT2D eigenvalue weighted by molar-refractivity contribution is -0.131. The van der Waals surface area contributed by atoms with E-state index in [1.165, 1.54) is 18.2 Å². The van der Waals surface area contributed by atoms with Gasteiger partial charge in [-0.2, -0.15) is 0 Å². The first-order valence-corrected chi connectivity index (χ1v) is 8.96. The summed E-state index contributed by atoms with van der Waals surface area (Å²) in [4.78, 5) is 16.3. The maximum absolute atomic E-state index is 13.1. The first kappa shape index (κ1) is 19.2. The van der Waals surface area contributed by atoms with Gasteiger partial charge in [-0.1, -0.05) is 6.07 Å². The van der Waals surface area contributed by atoms with E-state index in [0.717, 1.165) is 17.8 Å². The first-order valence-electron chi connectivity index (χ1n) is 8.96. The zero-order valence-electron chi connectivity index (χ0n) is 14.9. The van der Waals surface area contributed by atoms with Crippen molar-refractivity contribution in [3.05, 3.63) is 65.5 Å². The fraction of sp³-hybridized carbons (Fsp3) is 0.350. The van der Waals surface area contributed by atoms with E-state index in [-0.39, 0.29) is 11.7 Å². The lowest BCUT2D eigenvalue weighted by Crippen LogP contribution is -2.49. The highest BCUT2D eigenvalue weighted by atomic mass is 19.2. The Labute approximate surface area is 156 Å². The fourth-order valence-corrected chi connectivity index (χ4v) is 3.10. The van der Waals surface area contributed by atoms with Crippen molar-refractivity contribution in [1.82, 2.24) is 10.2 Å². The van der Waals surface area contributed by atoms with E-state index in [1.54, 1.807) is 12.1 Å². The summed E-state index contributed by atoms with van der Waals surface area (Å²) in [5.41, 5.74) is 1.59. The van der Waals surface area contributed by atoms with Gasteiger partial charge in [0.15, 0.2) is 11.6 Å². The summed E-state index contributed by atoms with van der Waals surface area (Å²) in [6.45, 7) is 3.51. The molecule has 0 aliphatic carbocycles. The Balaban J connectivity index is 1.38. The van der Waals surface area contributed by atoms with Gasteiger partial charge in [-0.05, 0) is 42.0 Å². The highest BCUT2D eigenvalue weighted by Crippen LogP contribution is 2.17. The third-order valence-corrected chi connectivity index (χ3v) is 4.65. The highest BCUT2D eigenvalue weighted by molar-refractivity contribution is 5.76. The van der Waals surface area contributed by atoms with E-state index in [0.29, 0.717) is 51.3 Å². The predicted octanol–water partition coefficient (Wildman–Crippen LogP) is 2.93. The summed E-state index contributed by atoms with van der Waals surface area (Å²) in [6, 6.07) is 10.1. The average Bonchev–Trinajstić information content (AvgIpc) is 2.68. The van der Waals surface area contributed by atoms with Gasteiger partial charge in [0.25, 0.3) is 0 Å². The van der Waals surface area contributed by atoms with Crippen LogP contribution in [0.25, 0.3) is 0 Å². The van der Waals surface area contributed by atoms with Crippen molar-refractivity contribution >= 4 is 11.6 Å². The van der Waals surface area contributed by atoms with Crippen molar-refractivity contribution in [3.8, 4) is 0 Å². The van der Waals surface area contributed by atoms with Crippen LogP contribution in [0.1, 0.15) is 12.0 Å². The van der Waals surface area contributed by atoms with E-state index >= 15 is 0 Å². The number of nitrogens with zero attached hydrogens (tertiary/aromatic N) is 2. The van der Waals surface area contributed by atoms with Crippen LogP contribution in [-0.4, -0.2) is 43.5 Å². The molecule has 0 unspecified atom stereocenters. The molecule has 1 fully saturated rings. The number of nitrogens with one attached hydrogen (secondary N) is 1. The van der Waals surface area contributed by atoms with Crippen LogP contribution in [0.15, 0.2) is 42.5 Å². The van der Waals surface area contributed by atoms with E-state index in [4.69, 9.17) is 0 Å². The number of carbonyl (C=O) groups excluding carboxylic acids is 1. The van der Waals surface area contributed by atoms with Crippen molar-refractivity contribution in [2.45, 2.75) is 13.0 Å². The SMILES string of the molecule is O=C(CCNCc1ccc(F)c(F)c1)N1CCN(c2ccc(F)cc2)CC1. The molecule has 1 aliphatic heterocycles. The Morgan fingerprint density at radius 3 is 2.30 bits per heavy atom. The van der Waals surface area contributed by atoms with Crippen LogP contribution in [0.2, 0.25) is 0 Å². The smallest absolute Gasteiger partial charge is 0.223 e. The number of hydrogen-bond acceptors (Lipinski definition) is 3. The number of anilines is 1. The molecule has 1 saturated heterocycles. The van der Waals surface area contributed by atoms with Crippen molar-refractivity contribution < 1.29 is 18.0 Å². The lowest BCUT2D eigenvalue weighted by Gasteiger charge is -2.36. The van der Waals surface area contributed by atoms with Gasteiger partial charge in [0.2, 0.25) is 5.91 Å². The molecule has 1 N–H and O–H groups in total. The Kier molecular flexibility index (Phi) is 6.34. The van der Waals surface area contributed by atoms with Crippen LogP contribution in [-0.2, 0) is 11.3 Å². The summed E-state index contributed by atoms with van der Waals surface area (Å²) in [5, 5.41) is 3.08. The summed E-state index contributed by atoms with van der Waals surface area (Å²) in [5.74, 6) is -1.94. The molecule has 2 aromatic carbocycles. The molecule has 1 aliphatic rings. The molecule has 0 radical (unpaired) electrons. The second-order valence-corrected chi connectivity index (χ2v) is 6.52. The quantitative estimate of drug-likeness (QED) is 0.787. The topological polar surface area (TPSA) is 35.6 Å². The molecule has 3 rings (SSSR count). The van der Waals surface area contributed by atoms with Gasteiger partial charge in [-0.15, -0.1) is 0 Å². The second-order valence-electron chi connectivity index (χ2n) is 6.52. The standard InChI is InChI=1S/C20H22F3N3O/c21-16-2-4-17(5-3-16)25-9-11-26(12-10-25)20(27)7-8-24-14-15-1-6-18(22)19(23)13-15/h1-6,13,24H,7-12,14H2. The van der Waals surface area contributed by atoms with Crippen molar-refractivity contribution in [3.63, 3.8) is 0 Å². The van der Waals surface area contributed by atoms with Gasteiger partial charge in [-0.3, -0.25) is 4.79 Å². The Morgan fingerprint density at radius 1 is 0.926 bits per heavy atom. The van der Waals surface area contributed by atoms with Gasteiger partial charge >= 0.3 is 0 Å². The molecular formula is C20H22F3N3O. The number of piperazine rings is 1. The van der Waals surface area contributed by atoms with E-state index in [2.05, 4.69) is 10.2 Å². The number of benzene rings is 2. The second kappa shape index (κ2) is 8.90. The lowest BCUT2D eigenvalue weighted by atomic mass is 10.2. The molecule has 0 aromatic heterocycles. The number of halogens is 3. The zero-order chi connectivity index (χ0) is 19.2. The Hall–Kier alpha value is -2.54. The number of hydrogen-bond donors (Lipinski definition) is 1. The monoisotopic (exact) mass is 377 g/mol. The third-order valence-electron chi connectivity index (χ3n) is 4.65. The maximum atomic E-state index is 13.1. The summed E-state index contributed by atoms with van der Waals surface area (Å²) < 4.78 is 39.0. The number of rotatable bonds is 6. The molecule has 0 atom stereocenters. The van der Waals surface area contributed by atoms with Crippen LogP contribution in [0.3, 0.4) is 0 Å². The average molecular weight is 377 g/mol. The minimum atomic E-state index is -0.871. The molecule has 2 aromatic rings. The molecule has 1 amide bonds. The normalized spacial score (nSPS) is 14.5. The molecule has 0 spiro atoms. The van der Waals surface area contributed by atoms with Crippen LogP contribution >= 0.6 is 0 Å². The zero-order valence-corrected chi connectivity index (χ0v) is 14.9. The summed E-state index contributed by atoms with van der Waals surface area (Å²) in [7, 11) is 0. The molecule has 144 valence electrons. The minimum Gasteiger partial charge on any atom is -0.368 e. The first-order chi connectivity index (χ1) is 13.0. The molecular weight excluding hydrogens is 355 g/mol. The van der Waals surface area contributed by atoms with Gasteiger partial charge in [0, 0.05) is 51.4 Å². The van der Waals surface area contributed by atoms with Crippen LogP contribution in [0.4, 0.5) is 18.9 Å². The molecule has 27 heavy (non-hydrogen) atoms. The summed E-state index contributed by atoms with van der Waals surface area (Å²) in [6.07, 6.45) is 0.347. The Bertz CT molecular complexity index is 775. The van der Waals surface area contributed by atoms with E-state index in [1.807, 2.05) is 4.90 Å². The summed E-state index contributed by atoms with van der Waals surface area (Å²) >= 11 is 0. The van der Waals surface area contributed by atoms with Crippen LogP contribution in [0.5, 0.6) is 0 Å². The third kappa shape index (κ3) is 5.23. The molecule has 0 saturated carbocycles. The van der Waals surface area contributed by atoms with Gasteiger partial charge < -0.3 is 15.1 Å². The highest BCUT2D eigenvalue weighted by Gasteiger charge is 2.20. The van der Waals surface area contributed by atoms with Crippen LogP contribution in [0, 0.1) is 17.5 Å². The van der Waals surface area contributed by atoms with Gasteiger partial charge in [0.1, 0.15) is 5.82 Å². The van der Waals surface area contributed by atoms with Gasteiger partial charge in [-0.25, -0.2) is 13.2 Å². The minimum absolute atomic E-state index is 0.0616. The molecule has 0 bridgehead atoms. The van der Waals surface area contributed by atoms with Crippen molar-refractivity contribution in [2.24, 2.45) is 0 Å². The van der Waals surface area contributed by atoms with E-state index in [9.17, 15) is 18.0 Å². The number of amides is 1. The molecule has 1 heterocycles.